The van der Waals surface area contributed by atoms with Gasteiger partial charge in [0.15, 0.2) is 0 Å². The lowest BCUT2D eigenvalue weighted by atomic mass is 9.82. The molecule has 0 bridgehead atoms. The SMILES string of the molecule is C=CC(=O)OCCCCCCOc1ccc(OC(=O)C2CCC(C(=O)Oc3ccc(-c4ccc(OC(=O)C5CCC(C(=O)Oc6ccc(OCCCCCCOC(=O)C=C)cc6)CC5)c(/C=N/Oc5nc6ccccc6s5)c4)cc3/C=N/Oc3nc4ccccc4s3)CC2)cc1. The number of unbranched alkanes of at least 4 members (excludes halogenated alkanes) is 6. The van der Waals surface area contributed by atoms with Crippen LogP contribution in [0.3, 0.4) is 0 Å². The largest absolute Gasteiger partial charge is 0.494 e. The zero-order valence-corrected chi connectivity index (χ0v) is 54.6. The average molecular weight is 1340 g/mol. The summed E-state index contributed by atoms with van der Waals surface area (Å²) >= 11 is 2.66. The Morgan fingerprint density at radius 2 is 0.760 bits per heavy atom. The molecule has 498 valence electrons. The molecule has 0 radical (unpaired) electrons. The molecule has 0 unspecified atom stereocenters. The van der Waals surface area contributed by atoms with E-state index in [0.29, 0.717) is 133 Å². The molecule has 2 aliphatic rings. The van der Waals surface area contributed by atoms with Gasteiger partial charge in [-0.2, -0.15) is 0 Å². The van der Waals surface area contributed by atoms with Gasteiger partial charge in [-0.3, -0.25) is 19.2 Å². The van der Waals surface area contributed by atoms with Crippen LogP contribution in [0.1, 0.15) is 114 Å². The van der Waals surface area contributed by atoms with Crippen molar-refractivity contribution in [3.63, 3.8) is 0 Å². The molecule has 22 heteroatoms. The molecule has 2 heterocycles. The maximum atomic E-state index is 14.0. The van der Waals surface area contributed by atoms with Crippen LogP contribution in [0.25, 0.3) is 31.6 Å². The van der Waals surface area contributed by atoms with Crippen molar-refractivity contribution in [3.8, 4) is 56.0 Å². The maximum Gasteiger partial charge on any atom is 0.330 e. The number of aromatic nitrogens is 2. The smallest absolute Gasteiger partial charge is 0.330 e. The minimum atomic E-state index is -0.489. The van der Waals surface area contributed by atoms with E-state index in [1.54, 1.807) is 84.9 Å². The maximum absolute atomic E-state index is 14.0. The Morgan fingerprint density at radius 3 is 1.12 bits per heavy atom. The number of carbonyl (C=O) groups is 6. The fourth-order valence-electron chi connectivity index (χ4n) is 11.0. The molecular weight excluding hydrogens is 1260 g/mol. The first kappa shape index (κ1) is 68.8. The van der Waals surface area contributed by atoms with Crippen LogP contribution < -0.4 is 38.1 Å². The number of ether oxygens (including phenoxy) is 8. The summed E-state index contributed by atoms with van der Waals surface area (Å²) in [7, 11) is 0. The van der Waals surface area contributed by atoms with Crippen LogP contribution in [0.15, 0.2) is 169 Å². The molecule has 2 aromatic heterocycles. The van der Waals surface area contributed by atoms with E-state index in [-0.39, 0.29) is 23.4 Å². The minimum absolute atomic E-state index is 0.222. The van der Waals surface area contributed by atoms with Crippen LogP contribution >= 0.6 is 22.7 Å². The van der Waals surface area contributed by atoms with Gasteiger partial charge < -0.3 is 47.6 Å². The van der Waals surface area contributed by atoms with Crippen molar-refractivity contribution in [2.24, 2.45) is 34.0 Å². The zero-order chi connectivity index (χ0) is 66.9. The van der Waals surface area contributed by atoms with Crippen LogP contribution in [0.4, 0.5) is 0 Å². The Hall–Kier alpha value is -10.1. The Kier molecular flexibility index (Phi) is 25.4. The average Bonchev–Trinajstić information content (AvgIpc) is 1.29. The molecule has 0 amide bonds. The third-order valence-corrected chi connectivity index (χ3v) is 18.1. The van der Waals surface area contributed by atoms with Crippen LogP contribution in [-0.4, -0.2) is 84.6 Å². The lowest BCUT2D eigenvalue weighted by molar-refractivity contribution is -0.145. The summed E-state index contributed by atoms with van der Waals surface area (Å²) in [5, 5.41) is 9.22. The number of fused-ring (bicyclic) bond motifs is 2. The highest BCUT2D eigenvalue weighted by Gasteiger charge is 2.34. The Labute approximate surface area is 563 Å². The third kappa shape index (κ3) is 20.5. The summed E-state index contributed by atoms with van der Waals surface area (Å²) in [4.78, 5) is 97.8. The first-order chi connectivity index (χ1) is 46.9. The van der Waals surface area contributed by atoms with Crippen molar-refractivity contribution >= 4 is 91.4 Å². The van der Waals surface area contributed by atoms with Crippen molar-refractivity contribution in [2.45, 2.75) is 103 Å². The van der Waals surface area contributed by atoms with Gasteiger partial charge in [0, 0.05) is 23.3 Å². The molecule has 0 N–H and O–H groups in total. The molecule has 20 nitrogen and oxygen atoms in total. The number of hydrogen-bond donors (Lipinski definition) is 0. The number of oxime groups is 2. The van der Waals surface area contributed by atoms with Gasteiger partial charge in [-0.1, -0.05) is 82.5 Å². The minimum Gasteiger partial charge on any atom is -0.494 e. The molecule has 0 spiro atoms. The van der Waals surface area contributed by atoms with Gasteiger partial charge >= 0.3 is 46.2 Å². The molecule has 0 saturated heterocycles. The van der Waals surface area contributed by atoms with Crippen LogP contribution in [0, 0.1) is 23.7 Å². The fraction of sp³-hybridized carbons (Fsp3) is 0.324. The molecule has 0 aliphatic heterocycles. The monoisotopic (exact) mass is 1340 g/mol. The number of carbonyl (C=O) groups excluding carboxylic acids is 6. The number of esters is 6. The van der Waals surface area contributed by atoms with Gasteiger partial charge in [0.25, 0.3) is 0 Å². The topological polar surface area (TPSA) is 245 Å². The van der Waals surface area contributed by atoms with E-state index in [9.17, 15) is 28.8 Å². The van der Waals surface area contributed by atoms with E-state index in [2.05, 4.69) is 33.4 Å². The number of thiazole rings is 2. The molecule has 2 fully saturated rings. The van der Waals surface area contributed by atoms with Crippen molar-refractivity contribution < 1.29 is 76.3 Å². The summed E-state index contributed by atoms with van der Waals surface area (Å²) in [6.45, 7) is 8.56. The van der Waals surface area contributed by atoms with Crippen molar-refractivity contribution in [3.05, 3.63) is 170 Å². The highest BCUT2D eigenvalue weighted by molar-refractivity contribution is 7.20. The van der Waals surface area contributed by atoms with Gasteiger partial charge in [0.1, 0.15) is 34.5 Å². The summed E-state index contributed by atoms with van der Waals surface area (Å²) in [5.41, 5.74) is 3.68. The van der Waals surface area contributed by atoms with E-state index in [1.807, 2.05) is 48.5 Å². The van der Waals surface area contributed by atoms with E-state index in [1.165, 1.54) is 35.1 Å². The summed E-state index contributed by atoms with van der Waals surface area (Å²) in [5.74, 6) is -1.73. The number of benzene rings is 6. The summed E-state index contributed by atoms with van der Waals surface area (Å²) < 4.78 is 47.4. The molecule has 96 heavy (non-hydrogen) atoms. The lowest BCUT2D eigenvalue weighted by Crippen LogP contribution is -2.30. The van der Waals surface area contributed by atoms with E-state index in [0.717, 1.165) is 84.0 Å². The second kappa shape index (κ2) is 35.4. The van der Waals surface area contributed by atoms with E-state index in [4.69, 9.17) is 47.6 Å². The Morgan fingerprint density at radius 1 is 0.417 bits per heavy atom. The zero-order valence-electron chi connectivity index (χ0n) is 53.0. The second-order valence-corrected chi connectivity index (χ2v) is 25.0. The summed E-state index contributed by atoms with van der Waals surface area (Å²) in [6, 6.07) is 39.6. The standard InChI is InChI=1S/C74H74N4O16S2/c1-3-67(79)87-43-15-7-5-13-41-85-57-31-35-59(36-32-57)89-69(81)49-21-25-51(26-22-49)71(83)91-63-39-29-53(45-55(63)47-75-93-73-77-61-17-9-11-19-65(61)95-73)54-30-40-64(56(46-54)48-76-94-74-78-62-18-10-12-20-66(62)96-74)92-72(84)52-27-23-50(24-28-52)70(82)90-60-37-33-58(34-38-60)86-42-14-6-8-16-44-88-68(80)4-2/h3-4,9-12,17-20,29-40,45-52H,1-2,5-8,13-16,21-28,41-44H2/b75-47+,76-48+. The van der Waals surface area contributed by atoms with Crippen molar-refractivity contribution in [2.75, 3.05) is 26.4 Å². The highest BCUT2D eigenvalue weighted by Crippen LogP contribution is 2.37. The predicted molar refractivity (Wildman–Crippen MR) is 364 cm³/mol. The molecule has 2 aliphatic carbocycles. The second-order valence-electron chi connectivity index (χ2n) is 23.0. The van der Waals surface area contributed by atoms with E-state index >= 15 is 0 Å². The van der Waals surface area contributed by atoms with Crippen LogP contribution in [0.5, 0.6) is 44.9 Å². The normalized spacial score (nSPS) is 16.1. The predicted octanol–water partition coefficient (Wildman–Crippen LogP) is 15.4. The molecular formula is C74H74N4O16S2. The van der Waals surface area contributed by atoms with Crippen molar-refractivity contribution in [1.82, 2.24) is 9.97 Å². The molecule has 6 aromatic carbocycles. The van der Waals surface area contributed by atoms with Crippen LogP contribution in [0.2, 0.25) is 0 Å². The highest BCUT2D eigenvalue weighted by atomic mass is 32.1. The number of para-hydroxylation sites is 2. The first-order valence-electron chi connectivity index (χ1n) is 32.2. The molecule has 2 saturated carbocycles. The Bertz CT molecular complexity index is 3710. The molecule has 0 atom stereocenters. The number of rotatable bonds is 33. The van der Waals surface area contributed by atoms with Gasteiger partial charge in [-0.25, -0.2) is 19.6 Å². The fourth-order valence-corrected chi connectivity index (χ4v) is 12.5. The van der Waals surface area contributed by atoms with Gasteiger partial charge in [0.2, 0.25) is 0 Å². The molecule has 10 rings (SSSR count). The van der Waals surface area contributed by atoms with Gasteiger partial charge in [-0.15, -0.1) is 0 Å². The molecule has 8 aromatic rings. The van der Waals surface area contributed by atoms with Crippen LogP contribution in [-0.2, 0) is 38.2 Å². The number of nitrogens with zero attached hydrogens (tertiary/aromatic N) is 4. The third-order valence-electron chi connectivity index (χ3n) is 16.3. The Balaban J connectivity index is 0.762. The lowest BCUT2D eigenvalue weighted by Gasteiger charge is -2.26. The van der Waals surface area contributed by atoms with E-state index < -0.39 is 47.5 Å². The van der Waals surface area contributed by atoms with Crippen molar-refractivity contribution in [1.29, 1.82) is 0 Å². The number of hydrogen-bond acceptors (Lipinski definition) is 22. The quantitative estimate of drug-likeness (QED) is 0.00926. The summed E-state index contributed by atoms with van der Waals surface area (Å²) in [6.07, 6.45) is 15.4. The van der Waals surface area contributed by atoms with Gasteiger partial charge in [-0.05, 0) is 211 Å². The van der Waals surface area contributed by atoms with Gasteiger partial charge in [0.05, 0.1) is 83.0 Å². The first-order valence-corrected chi connectivity index (χ1v) is 33.9.